The molecular formula is C30H35N5O2. The van der Waals surface area contributed by atoms with Gasteiger partial charge in [0.1, 0.15) is 11.4 Å². The highest BCUT2D eigenvalue weighted by Gasteiger charge is 2.30. The van der Waals surface area contributed by atoms with Gasteiger partial charge < -0.3 is 19.5 Å². The maximum atomic E-state index is 13.0. The third-order valence-electron chi connectivity index (χ3n) is 7.27. The van der Waals surface area contributed by atoms with Crippen molar-refractivity contribution in [1.29, 1.82) is 0 Å². The molecule has 192 valence electrons. The number of amides is 1. The number of anilines is 1. The molecule has 3 heterocycles. The first-order valence-corrected chi connectivity index (χ1v) is 12.9. The van der Waals surface area contributed by atoms with Crippen molar-refractivity contribution in [2.45, 2.75) is 40.2 Å². The van der Waals surface area contributed by atoms with Crippen LogP contribution >= 0.6 is 0 Å². The molecule has 1 aliphatic rings. The van der Waals surface area contributed by atoms with Crippen LogP contribution in [0.4, 0.5) is 5.82 Å². The molecule has 1 aliphatic heterocycles. The number of nitrogens with zero attached hydrogens (tertiary/aromatic N) is 4. The Morgan fingerprint density at radius 2 is 1.68 bits per heavy atom. The van der Waals surface area contributed by atoms with E-state index in [0.717, 1.165) is 60.1 Å². The monoisotopic (exact) mass is 497 g/mol. The molecule has 1 amide bonds. The van der Waals surface area contributed by atoms with Crippen LogP contribution in [0.1, 0.15) is 35.5 Å². The van der Waals surface area contributed by atoms with E-state index in [0.29, 0.717) is 6.54 Å². The first-order valence-electron chi connectivity index (χ1n) is 12.9. The van der Waals surface area contributed by atoms with Gasteiger partial charge in [-0.15, -0.1) is 0 Å². The Labute approximate surface area is 218 Å². The van der Waals surface area contributed by atoms with Gasteiger partial charge >= 0.3 is 0 Å². The van der Waals surface area contributed by atoms with Gasteiger partial charge in [0.2, 0.25) is 5.91 Å². The maximum Gasteiger partial charge on any atom is 0.223 e. The first-order chi connectivity index (χ1) is 18.0. The SMILES string of the molecule is COc1cccc(CNC(=O)C2CCN(c3c(-n4c(C)ccc4C)c(C)nn3-c3ccccc3)CC2)c1. The number of para-hydroxylation sites is 1. The minimum atomic E-state index is -0.00504. The number of ether oxygens (including phenoxy) is 1. The molecule has 0 atom stereocenters. The molecule has 1 N–H and O–H groups in total. The summed E-state index contributed by atoms with van der Waals surface area (Å²) in [5, 5.41) is 8.12. The molecule has 0 unspecified atom stereocenters. The number of hydrogen-bond acceptors (Lipinski definition) is 4. The zero-order valence-corrected chi connectivity index (χ0v) is 22.1. The molecular weight excluding hydrogens is 462 g/mol. The molecule has 0 bridgehead atoms. The Bertz CT molecular complexity index is 1360. The number of hydrogen-bond donors (Lipinski definition) is 1. The van der Waals surface area contributed by atoms with E-state index in [2.05, 4.69) is 64.5 Å². The van der Waals surface area contributed by atoms with Crippen molar-refractivity contribution in [3.63, 3.8) is 0 Å². The number of aryl methyl sites for hydroxylation is 3. The maximum absolute atomic E-state index is 13.0. The number of benzene rings is 2. The average molecular weight is 498 g/mol. The zero-order chi connectivity index (χ0) is 25.9. The Hall–Kier alpha value is -4.00. The van der Waals surface area contributed by atoms with Crippen LogP contribution in [0.3, 0.4) is 0 Å². The lowest BCUT2D eigenvalue weighted by Gasteiger charge is -2.34. The van der Waals surface area contributed by atoms with Crippen LogP contribution in [0, 0.1) is 26.7 Å². The van der Waals surface area contributed by atoms with Crippen molar-refractivity contribution in [1.82, 2.24) is 19.7 Å². The number of methoxy groups -OCH3 is 1. The van der Waals surface area contributed by atoms with Crippen molar-refractivity contribution < 1.29 is 9.53 Å². The van der Waals surface area contributed by atoms with Crippen LogP contribution in [-0.4, -0.2) is 40.5 Å². The number of nitrogens with one attached hydrogen (secondary N) is 1. The minimum Gasteiger partial charge on any atom is -0.497 e. The topological polar surface area (TPSA) is 64.3 Å². The van der Waals surface area contributed by atoms with Gasteiger partial charge in [-0.2, -0.15) is 5.10 Å². The lowest BCUT2D eigenvalue weighted by molar-refractivity contribution is -0.125. The molecule has 0 saturated carbocycles. The van der Waals surface area contributed by atoms with E-state index < -0.39 is 0 Å². The van der Waals surface area contributed by atoms with E-state index >= 15 is 0 Å². The van der Waals surface area contributed by atoms with Crippen molar-refractivity contribution in [3.8, 4) is 17.1 Å². The predicted octanol–water partition coefficient (Wildman–Crippen LogP) is 5.13. The number of carbonyl (C=O) groups excluding carboxylic acids is 1. The second kappa shape index (κ2) is 10.5. The first kappa shape index (κ1) is 24.7. The fourth-order valence-corrected chi connectivity index (χ4v) is 5.29. The molecule has 7 nitrogen and oxygen atoms in total. The summed E-state index contributed by atoms with van der Waals surface area (Å²) >= 11 is 0. The van der Waals surface area contributed by atoms with Crippen molar-refractivity contribution >= 4 is 11.7 Å². The molecule has 2 aromatic heterocycles. The standard InChI is InChI=1S/C30H35N5O2/c1-21-13-14-22(2)34(21)28-23(3)32-35(26-10-6-5-7-11-26)30(28)33-17-15-25(16-18-33)29(36)31-20-24-9-8-12-27(19-24)37-4/h5-14,19,25H,15-18,20H2,1-4H3,(H,31,36). The fourth-order valence-electron chi connectivity index (χ4n) is 5.29. The Balaban J connectivity index is 1.36. The van der Waals surface area contributed by atoms with Gasteiger partial charge in [-0.3, -0.25) is 4.79 Å². The molecule has 37 heavy (non-hydrogen) atoms. The molecule has 7 heteroatoms. The van der Waals surface area contributed by atoms with Gasteiger partial charge in [-0.1, -0.05) is 30.3 Å². The van der Waals surface area contributed by atoms with Crippen molar-refractivity contribution in [2.75, 3.05) is 25.1 Å². The number of piperidine rings is 1. The van der Waals surface area contributed by atoms with Gasteiger partial charge in [0.15, 0.2) is 5.82 Å². The average Bonchev–Trinajstić information content (AvgIpc) is 3.45. The second-order valence-electron chi connectivity index (χ2n) is 9.79. The minimum absolute atomic E-state index is 0.00504. The molecule has 1 fully saturated rings. The Morgan fingerprint density at radius 1 is 0.973 bits per heavy atom. The Kier molecular flexibility index (Phi) is 7.04. The lowest BCUT2D eigenvalue weighted by Crippen LogP contribution is -2.41. The summed E-state index contributed by atoms with van der Waals surface area (Å²) in [6, 6.07) is 22.4. The van der Waals surface area contributed by atoms with Crippen LogP contribution in [0.25, 0.3) is 11.4 Å². The van der Waals surface area contributed by atoms with Gasteiger partial charge in [-0.05, 0) is 75.6 Å². The molecule has 1 saturated heterocycles. The smallest absolute Gasteiger partial charge is 0.223 e. The van der Waals surface area contributed by atoms with Crippen LogP contribution in [0.15, 0.2) is 66.7 Å². The van der Waals surface area contributed by atoms with Gasteiger partial charge in [-0.25, -0.2) is 4.68 Å². The van der Waals surface area contributed by atoms with Crippen LogP contribution < -0.4 is 15.0 Å². The van der Waals surface area contributed by atoms with Crippen LogP contribution in [0.2, 0.25) is 0 Å². The van der Waals surface area contributed by atoms with Gasteiger partial charge in [0, 0.05) is 36.9 Å². The summed E-state index contributed by atoms with van der Waals surface area (Å²) in [4.78, 5) is 15.4. The number of rotatable bonds is 7. The summed E-state index contributed by atoms with van der Waals surface area (Å²) in [6.45, 7) is 8.44. The number of carbonyl (C=O) groups is 1. The molecule has 0 aliphatic carbocycles. The number of aromatic nitrogens is 3. The molecule has 2 aromatic carbocycles. The summed E-state index contributed by atoms with van der Waals surface area (Å²) in [5.41, 5.74) is 6.54. The summed E-state index contributed by atoms with van der Waals surface area (Å²) in [7, 11) is 1.65. The highest BCUT2D eigenvalue weighted by molar-refractivity contribution is 5.79. The van der Waals surface area contributed by atoms with E-state index in [1.165, 1.54) is 11.4 Å². The third-order valence-corrected chi connectivity index (χ3v) is 7.27. The van der Waals surface area contributed by atoms with Crippen LogP contribution in [-0.2, 0) is 11.3 Å². The van der Waals surface area contributed by atoms with E-state index in [1.54, 1.807) is 7.11 Å². The molecule has 5 rings (SSSR count). The van der Waals surface area contributed by atoms with E-state index in [1.807, 2.05) is 42.5 Å². The van der Waals surface area contributed by atoms with E-state index in [9.17, 15) is 4.79 Å². The summed E-state index contributed by atoms with van der Waals surface area (Å²) < 4.78 is 9.66. The van der Waals surface area contributed by atoms with Gasteiger partial charge in [0.05, 0.1) is 18.5 Å². The highest BCUT2D eigenvalue weighted by atomic mass is 16.5. The predicted molar refractivity (Wildman–Crippen MR) is 147 cm³/mol. The van der Waals surface area contributed by atoms with Crippen molar-refractivity contribution in [2.24, 2.45) is 5.92 Å². The highest BCUT2D eigenvalue weighted by Crippen LogP contribution is 2.35. The van der Waals surface area contributed by atoms with Gasteiger partial charge in [0.25, 0.3) is 0 Å². The molecule has 0 spiro atoms. The summed E-state index contributed by atoms with van der Waals surface area (Å²) in [6.07, 6.45) is 1.60. The van der Waals surface area contributed by atoms with E-state index in [4.69, 9.17) is 9.84 Å². The fraction of sp³-hybridized carbons (Fsp3) is 0.333. The second-order valence-corrected chi connectivity index (χ2v) is 9.79. The van der Waals surface area contributed by atoms with Crippen molar-refractivity contribution in [3.05, 3.63) is 89.4 Å². The lowest BCUT2D eigenvalue weighted by atomic mass is 9.95. The zero-order valence-electron chi connectivity index (χ0n) is 22.1. The molecule has 0 radical (unpaired) electrons. The summed E-state index contributed by atoms with van der Waals surface area (Å²) in [5.74, 6) is 2.00. The van der Waals surface area contributed by atoms with Crippen LogP contribution in [0.5, 0.6) is 5.75 Å². The quantitative estimate of drug-likeness (QED) is 0.385. The third kappa shape index (κ3) is 4.99. The molecule has 4 aromatic rings. The van der Waals surface area contributed by atoms with E-state index in [-0.39, 0.29) is 11.8 Å². The largest absolute Gasteiger partial charge is 0.497 e. The Morgan fingerprint density at radius 3 is 2.35 bits per heavy atom. The normalized spacial score (nSPS) is 14.1.